The Morgan fingerprint density at radius 2 is 1.94 bits per heavy atom. The Balaban J connectivity index is 1.24. The fourth-order valence-electron chi connectivity index (χ4n) is 3.81. The zero-order valence-electron chi connectivity index (χ0n) is 16.7. The summed E-state index contributed by atoms with van der Waals surface area (Å²) < 4.78 is 1.63. The van der Waals surface area contributed by atoms with E-state index in [9.17, 15) is 9.59 Å². The molecule has 1 fully saturated rings. The molecule has 5 rings (SSSR count). The summed E-state index contributed by atoms with van der Waals surface area (Å²) in [5, 5.41) is 21.6. The number of carbonyl (C=O) groups excluding carboxylic acids is 1. The van der Waals surface area contributed by atoms with Gasteiger partial charge in [0, 0.05) is 23.8 Å². The molecular weight excluding hydrogens is 394 g/mol. The molecule has 8 heteroatoms. The number of fused-ring (bicyclic) bond motifs is 1. The van der Waals surface area contributed by atoms with Gasteiger partial charge < -0.3 is 15.4 Å². The third kappa shape index (κ3) is 3.56. The van der Waals surface area contributed by atoms with Crippen LogP contribution in [0.5, 0.6) is 0 Å². The van der Waals surface area contributed by atoms with Crippen molar-refractivity contribution < 1.29 is 14.7 Å². The van der Waals surface area contributed by atoms with Gasteiger partial charge in [-0.05, 0) is 60.5 Å². The number of carboxylic acid groups (broad SMARTS) is 1. The van der Waals surface area contributed by atoms with Crippen LogP contribution in [0.2, 0.25) is 0 Å². The highest BCUT2D eigenvalue weighted by Crippen LogP contribution is 2.43. The summed E-state index contributed by atoms with van der Waals surface area (Å²) in [7, 11) is 0. The molecule has 2 aromatic carbocycles. The zero-order valence-corrected chi connectivity index (χ0v) is 16.7. The highest BCUT2D eigenvalue weighted by molar-refractivity contribution is 5.88. The van der Waals surface area contributed by atoms with Crippen LogP contribution in [0, 0.1) is 0 Å². The number of benzene rings is 2. The van der Waals surface area contributed by atoms with E-state index in [0.29, 0.717) is 12.2 Å². The molecule has 0 unspecified atom stereocenters. The van der Waals surface area contributed by atoms with E-state index >= 15 is 0 Å². The maximum atomic E-state index is 12.9. The molecule has 0 aliphatic heterocycles. The fourth-order valence-corrected chi connectivity index (χ4v) is 3.81. The lowest BCUT2D eigenvalue weighted by Crippen LogP contribution is -2.40. The molecule has 4 aromatic rings. The van der Waals surface area contributed by atoms with Crippen molar-refractivity contribution in [2.75, 3.05) is 6.54 Å². The lowest BCUT2D eigenvalue weighted by Gasteiger charge is -2.15. The van der Waals surface area contributed by atoms with E-state index in [0.717, 1.165) is 35.7 Å². The van der Waals surface area contributed by atoms with Crippen molar-refractivity contribution in [3.63, 3.8) is 0 Å². The number of aromatic carboxylic acids is 1. The molecule has 1 amide bonds. The molecule has 0 spiro atoms. The average molecular weight is 415 g/mol. The normalized spacial score (nSPS) is 14.5. The van der Waals surface area contributed by atoms with Gasteiger partial charge in [-0.15, -0.1) is 5.10 Å². The van der Waals surface area contributed by atoms with Gasteiger partial charge in [-0.3, -0.25) is 4.79 Å². The smallest absolute Gasteiger partial charge is 0.335 e. The lowest BCUT2D eigenvalue weighted by atomic mass is 10.1. The standard InChI is InChI=1S/C23H21N5O3/c29-21(30)17-4-2-16(3-5-17)20-14-28(27-26-20)23(9-10-23)22(31)25-11-7-15-1-6-19-18(13-15)8-12-24-19/h1-6,8,12-14,24H,7,9-11H2,(H,25,31)(H,29,30). The third-order valence-electron chi connectivity index (χ3n) is 5.82. The van der Waals surface area contributed by atoms with E-state index in [1.54, 1.807) is 23.0 Å². The number of nitrogens with one attached hydrogen (secondary N) is 2. The lowest BCUT2D eigenvalue weighted by molar-refractivity contribution is -0.125. The Morgan fingerprint density at radius 3 is 2.68 bits per heavy atom. The zero-order chi connectivity index (χ0) is 21.4. The first-order chi connectivity index (χ1) is 15.0. The molecule has 8 nitrogen and oxygen atoms in total. The predicted molar refractivity (Wildman–Crippen MR) is 115 cm³/mol. The van der Waals surface area contributed by atoms with Crippen LogP contribution in [0.3, 0.4) is 0 Å². The van der Waals surface area contributed by atoms with Gasteiger partial charge in [-0.25, -0.2) is 9.48 Å². The Bertz CT molecular complexity index is 1270. The number of amides is 1. The van der Waals surface area contributed by atoms with Crippen molar-refractivity contribution >= 4 is 22.8 Å². The van der Waals surface area contributed by atoms with Crippen LogP contribution in [0.1, 0.15) is 28.8 Å². The summed E-state index contributed by atoms with van der Waals surface area (Å²) in [5.41, 5.74) is 3.17. The molecule has 0 atom stereocenters. The quantitative estimate of drug-likeness (QED) is 0.430. The molecule has 1 aliphatic rings. The van der Waals surface area contributed by atoms with Gasteiger partial charge in [0.2, 0.25) is 5.91 Å². The second kappa shape index (κ2) is 7.39. The fraction of sp³-hybridized carbons (Fsp3) is 0.217. The van der Waals surface area contributed by atoms with Crippen molar-refractivity contribution in [1.29, 1.82) is 0 Å². The molecule has 31 heavy (non-hydrogen) atoms. The molecule has 156 valence electrons. The summed E-state index contributed by atoms with van der Waals surface area (Å²) in [4.78, 5) is 27.1. The Morgan fingerprint density at radius 1 is 1.13 bits per heavy atom. The van der Waals surface area contributed by atoms with E-state index in [1.165, 1.54) is 17.7 Å². The van der Waals surface area contributed by atoms with Gasteiger partial charge in [0.05, 0.1) is 11.8 Å². The van der Waals surface area contributed by atoms with Gasteiger partial charge in [0.25, 0.3) is 0 Å². The molecule has 0 saturated heterocycles. The van der Waals surface area contributed by atoms with Gasteiger partial charge in [-0.2, -0.15) is 0 Å². The molecule has 2 aromatic heterocycles. The minimum absolute atomic E-state index is 0.0482. The molecule has 2 heterocycles. The highest BCUT2D eigenvalue weighted by Gasteiger charge is 2.52. The Hall–Kier alpha value is -3.94. The Labute approximate surface area is 177 Å². The number of nitrogens with zero attached hydrogens (tertiary/aromatic N) is 3. The van der Waals surface area contributed by atoms with E-state index in [-0.39, 0.29) is 11.5 Å². The number of carboxylic acids is 1. The first kappa shape index (κ1) is 19.0. The molecule has 0 radical (unpaired) electrons. The number of aromatic nitrogens is 4. The van der Waals surface area contributed by atoms with Crippen molar-refractivity contribution in [2.24, 2.45) is 0 Å². The number of hydrogen-bond donors (Lipinski definition) is 3. The molecule has 1 saturated carbocycles. The number of H-pyrrole nitrogens is 1. The van der Waals surface area contributed by atoms with Gasteiger partial charge in [0.1, 0.15) is 11.2 Å². The summed E-state index contributed by atoms with van der Waals surface area (Å²) in [6, 6.07) is 14.7. The molecule has 3 N–H and O–H groups in total. The van der Waals surface area contributed by atoms with Crippen LogP contribution >= 0.6 is 0 Å². The maximum absolute atomic E-state index is 12.9. The van der Waals surface area contributed by atoms with Gasteiger partial charge in [0.15, 0.2) is 0 Å². The number of aromatic amines is 1. The van der Waals surface area contributed by atoms with E-state index < -0.39 is 11.5 Å². The SMILES string of the molecule is O=C(O)c1ccc(-c2cn(C3(C(=O)NCCc4ccc5[nH]ccc5c4)CC3)nn2)cc1. The minimum atomic E-state index is -0.975. The first-order valence-electron chi connectivity index (χ1n) is 10.2. The van der Waals surface area contributed by atoms with E-state index in [1.807, 2.05) is 12.3 Å². The monoisotopic (exact) mass is 415 g/mol. The number of rotatable bonds is 7. The number of hydrogen-bond acceptors (Lipinski definition) is 4. The van der Waals surface area contributed by atoms with Crippen molar-refractivity contribution in [1.82, 2.24) is 25.3 Å². The summed E-state index contributed by atoms with van der Waals surface area (Å²) in [5.74, 6) is -1.02. The maximum Gasteiger partial charge on any atom is 0.335 e. The molecule has 0 bridgehead atoms. The van der Waals surface area contributed by atoms with Crippen molar-refractivity contribution in [3.8, 4) is 11.3 Å². The van der Waals surface area contributed by atoms with Crippen LogP contribution in [0.25, 0.3) is 22.2 Å². The average Bonchev–Trinajstić information content (AvgIpc) is 3.21. The molecule has 1 aliphatic carbocycles. The van der Waals surface area contributed by atoms with Crippen molar-refractivity contribution in [2.45, 2.75) is 24.8 Å². The second-order valence-electron chi connectivity index (χ2n) is 7.87. The van der Waals surface area contributed by atoms with Crippen LogP contribution < -0.4 is 5.32 Å². The first-order valence-corrected chi connectivity index (χ1v) is 10.2. The van der Waals surface area contributed by atoms with Gasteiger partial charge >= 0.3 is 5.97 Å². The molecular formula is C23H21N5O3. The van der Waals surface area contributed by atoms with Gasteiger partial charge in [-0.1, -0.05) is 23.4 Å². The third-order valence-corrected chi connectivity index (χ3v) is 5.82. The van der Waals surface area contributed by atoms with Crippen molar-refractivity contribution in [3.05, 3.63) is 72.1 Å². The largest absolute Gasteiger partial charge is 0.478 e. The van der Waals surface area contributed by atoms with Crippen LogP contribution in [0.4, 0.5) is 0 Å². The van der Waals surface area contributed by atoms with Crippen LogP contribution in [0.15, 0.2) is 60.9 Å². The highest BCUT2D eigenvalue weighted by atomic mass is 16.4. The topological polar surface area (TPSA) is 113 Å². The summed E-state index contributed by atoms with van der Waals surface area (Å²) in [6.45, 7) is 0.550. The number of carbonyl (C=O) groups is 2. The van der Waals surface area contributed by atoms with Crippen LogP contribution in [-0.2, 0) is 16.8 Å². The summed E-state index contributed by atoms with van der Waals surface area (Å²) >= 11 is 0. The second-order valence-corrected chi connectivity index (χ2v) is 7.87. The predicted octanol–water partition coefficient (Wildman–Crippen LogP) is 2.97. The van der Waals surface area contributed by atoms with E-state index in [4.69, 9.17) is 5.11 Å². The van der Waals surface area contributed by atoms with Crippen LogP contribution in [-0.4, -0.2) is 43.5 Å². The minimum Gasteiger partial charge on any atom is -0.478 e. The Kier molecular flexibility index (Phi) is 4.54. The van der Waals surface area contributed by atoms with E-state index in [2.05, 4.69) is 38.8 Å². The summed E-state index contributed by atoms with van der Waals surface area (Å²) in [6.07, 6.45) is 5.85.